The van der Waals surface area contributed by atoms with Crippen molar-refractivity contribution in [3.8, 4) is 11.5 Å². The highest BCUT2D eigenvalue weighted by atomic mass is 35.5. The zero-order valence-corrected chi connectivity index (χ0v) is 18.6. The molecule has 0 atom stereocenters. The van der Waals surface area contributed by atoms with Gasteiger partial charge in [0.1, 0.15) is 41.9 Å². The first kappa shape index (κ1) is 23.2. The Morgan fingerprint density at radius 3 is 2.79 bits per heavy atom. The number of carbonyl (C=O) groups excluding carboxylic acids is 1. The first-order chi connectivity index (χ1) is 16.5. The van der Waals surface area contributed by atoms with Gasteiger partial charge in [0.05, 0.1) is 36.0 Å². The molecule has 0 unspecified atom stereocenters. The molecule has 0 aliphatic heterocycles. The van der Waals surface area contributed by atoms with Crippen molar-refractivity contribution in [3.63, 3.8) is 0 Å². The first-order valence-electron chi connectivity index (χ1n) is 10.0. The fraction of sp³-hybridized carbons (Fsp3) is 0.182. The van der Waals surface area contributed by atoms with E-state index >= 15 is 0 Å². The molecule has 2 heterocycles. The SMILES string of the molecule is COc1cc(OCCCl)c2c(Nc3cc(CC(=O)Nc4ccc(F)cc4F)[nH]n3)ncnc2c1. The average molecular weight is 489 g/mol. The molecular formula is C22H19ClF2N6O3. The Kier molecular flexibility index (Phi) is 7.02. The van der Waals surface area contributed by atoms with Crippen LogP contribution in [0.25, 0.3) is 10.9 Å². The third-order valence-electron chi connectivity index (χ3n) is 4.68. The van der Waals surface area contributed by atoms with E-state index < -0.39 is 17.5 Å². The number of rotatable bonds is 9. The number of methoxy groups -OCH3 is 1. The van der Waals surface area contributed by atoms with Crippen LogP contribution in [0.3, 0.4) is 0 Å². The summed E-state index contributed by atoms with van der Waals surface area (Å²) in [6, 6.07) is 7.96. The summed E-state index contributed by atoms with van der Waals surface area (Å²) in [5.41, 5.74) is 0.927. The number of fused-ring (bicyclic) bond motifs is 1. The molecule has 0 spiro atoms. The van der Waals surface area contributed by atoms with Crippen LogP contribution in [0.4, 0.5) is 26.1 Å². The number of alkyl halides is 1. The Morgan fingerprint density at radius 2 is 2.03 bits per heavy atom. The van der Waals surface area contributed by atoms with Gasteiger partial charge in [-0.1, -0.05) is 0 Å². The highest BCUT2D eigenvalue weighted by Gasteiger charge is 2.15. The van der Waals surface area contributed by atoms with Gasteiger partial charge >= 0.3 is 0 Å². The molecule has 4 rings (SSSR count). The van der Waals surface area contributed by atoms with Crippen LogP contribution in [0.1, 0.15) is 5.69 Å². The topological polar surface area (TPSA) is 114 Å². The molecule has 0 saturated carbocycles. The Hall–Kier alpha value is -3.99. The number of benzene rings is 2. The normalized spacial score (nSPS) is 10.8. The summed E-state index contributed by atoms with van der Waals surface area (Å²) in [6.07, 6.45) is 1.27. The van der Waals surface area contributed by atoms with Crippen LogP contribution in [0.2, 0.25) is 0 Å². The molecule has 0 bridgehead atoms. The number of halogens is 3. The van der Waals surface area contributed by atoms with Gasteiger partial charge in [0.2, 0.25) is 5.91 Å². The molecule has 1 amide bonds. The minimum atomic E-state index is -0.861. The van der Waals surface area contributed by atoms with E-state index in [2.05, 4.69) is 30.8 Å². The second-order valence-corrected chi connectivity index (χ2v) is 7.41. The predicted molar refractivity (Wildman–Crippen MR) is 123 cm³/mol. The summed E-state index contributed by atoms with van der Waals surface area (Å²) in [7, 11) is 1.54. The molecule has 0 aliphatic carbocycles. The largest absolute Gasteiger partial charge is 0.497 e. The van der Waals surface area contributed by atoms with Crippen molar-refractivity contribution in [2.24, 2.45) is 0 Å². The molecular weight excluding hydrogens is 470 g/mol. The summed E-state index contributed by atoms with van der Waals surface area (Å²) in [6.45, 7) is 0.272. The van der Waals surface area contributed by atoms with Crippen LogP contribution in [0.5, 0.6) is 11.5 Å². The molecule has 34 heavy (non-hydrogen) atoms. The Labute approximate surface area is 197 Å². The van der Waals surface area contributed by atoms with Gasteiger partial charge in [-0.3, -0.25) is 9.89 Å². The van der Waals surface area contributed by atoms with Gasteiger partial charge in [-0.2, -0.15) is 5.10 Å². The van der Waals surface area contributed by atoms with E-state index in [9.17, 15) is 13.6 Å². The molecule has 2 aromatic heterocycles. The second-order valence-electron chi connectivity index (χ2n) is 7.03. The number of ether oxygens (including phenoxy) is 2. The van der Waals surface area contributed by atoms with Crippen molar-refractivity contribution in [3.05, 3.63) is 60.1 Å². The molecule has 0 aliphatic rings. The maximum Gasteiger partial charge on any atom is 0.230 e. The number of nitrogens with one attached hydrogen (secondary N) is 3. The van der Waals surface area contributed by atoms with E-state index in [1.165, 1.54) is 6.33 Å². The molecule has 0 fully saturated rings. The lowest BCUT2D eigenvalue weighted by Gasteiger charge is -2.13. The van der Waals surface area contributed by atoms with Crippen LogP contribution in [0.15, 0.2) is 42.7 Å². The van der Waals surface area contributed by atoms with Crippen molar-refractivity contribution in [1.82, 2.24) is 20.2 Å². The van der Waals surface area contributed by atoms with Crippen molar-refractivity contribution in [2.45, 2.75) is 6.42 Å². The van der Waals surface area contributed by atoms with E-state index in [1.54, 1.807) is 25.3 Å². The van der Waals surface area contributed by atoms with Gasteiger partial charge in [0, 0.05) is 30.0 Å². The lowest BCUT2D eigenvalue weighted by atomic mass is 10.2. The first-order valence-corrected chi connectivity index (χ1v) is 10.6. The summed E-state index contributed by atoms with van der Waals surface area (Å²) in [5, 5.41) is 13.0. The third-order valence-corrected chi connectivity index (χ3v) is 4.83. The Bertz CT molecular complexity index is 1330. The van der Waals surface area contributed by atoms with Gasteiger partial charge < -0.3 is 20.1 Å². The number of hydrogen-bond donors (Lipinski definition) is 3. The van der Waals surface area contributed by atoms with E-state index in [0.29, 0.717) is 51.7 Å². The molecule has 3 N–H and O–H groups in total. The number of H-pyrrole nitrogens is 1. The fourth-order valence-corrected chi connectivity index (χ4v) is 3.28. The Balaban J connectivity index is 1.52. The van der Waals surface area contributed by atoms with E-state index in [1.807, 2.05) is 0 Å². The molecule has 9 nitrogen and oxygen atoms in total. The van der Waals surface area contributed by atoms with E-state index in [-0.39, 0.29) is 18.7 Å². The van der Waals surface area contributed by atoms with Gasteiger partial charge in [-0.05, 0) is 12.1 Å². The quantitative estimate of drug-likeness (QED) is 0.303. The highest BCUT2D eigenvalue weighted by molar-refractivity contribution is 6.18. The van der Waals surface area contributed by atoms with Crippen molar-refractivity contribution in [2.75, 3.05) is 30.2 Å². The second kappa shape index (κ2) is 10.3. The zero-order chi connectivity index (χ0) is 24.1. The van der Waals surface area contributed by atoms with Gasteiger partial charge in [0.25, 0.3) is 0 Å². The lowest BCUT2D eigenvalue weighted by Crippen LogP contribution is -2.15. The minimum absolute atomic E-state index is 0.114. The number of nitrogens with zero attached hydrogens (tertiary/aromatic N) is 3. The van der Waals surface area contributed by atoms with E-state index in [0.717, 1.165) is 12.1 Å². The smallest absolute Gasteiger partial charge is 0.230 e. The molecule has 0 saturated heterocycles. The standard InChI is InChI=1S/C22H19ClF2N6O3/c1-33-14-9-17-21(18(10-14)34-5-4-23)22(27-11-26-17)29-19-7-13(30-31-19)8-20(32)28-16-3-2-12(24)6-15(16)25/h2-3,6-7,9-11H,4-5,8H2,1H3,(H,28,32)(H2,26,27,29,30,31). The van der Waals surface area contributed by atoms with Crippen LogP contribution in [0, 0.1) is 11.6 Å². The van der Waals surface area contributed by atoms with Crippen LogP contribution >= 0.6 is 11.6 Å². The van der Waals surface area contributed by atoms with Gasteiger partial charge in [0.15, 0.2) is 5.82 Å². The molecule has 4 aromatic rings. The lowest BCUT2D eigenvalue weighted by molar-refractivity contribution is -0.115. The third kappa shape index (κ3) is 5.31. The minimum Gasteiger partial charge on any atom is -0.497 e. The number of aromatic amines is 1. The highest BCUT2D eigenvalue weighted by Crippen LogP contribution is 2.35. The van der Waals surface area contributed by atoms with Crippen LogP contribution < -0.4 is 20.1 Å². The van der Waals surface area contributed by atoms with Gasteiger partial charge in [-0.25, -0.2) is 18.7 Å². The molecule has 12 heteroatoms. The average Bonchev–Trinajstić information content (AvgIpc) is 3.25. The molecule has 176 valence electrons. The van der Waals surface area contributed by atoms with E-state index in [4.69, 9.17) is 21.1 Å². The maximum atomic E-state index is 13.8. The van der Waals surface area contributed by atoms with Crippen LogP contribution in [-0.2, 0) is 11.2 Å². The number of amides is 1. The fourth-order valence-electron chi connectivity index (χ4n) is 3.20. The molecule has 0 radical (unpaired) electrons. The predicted octanol–water partition coefficient (Wildman–Crippen LogP) is 4.18. The zero-order valence-electron chi connectivity index (χ0n) is 17.9. The number of anilines is 3. The molecule has 2 aromatic carbocycles. The maximum absolute atomic E-state index is 13.8. The number of hydrogen-bond acceptors (Lipinski definition) is 7. The summed E-state index contributed by atoms with van der Waals surface area (Å²) in [4.78, 5) is 20.8. The number of aromatic nitrogens is 4. The Morgan fingerprint density at radius 1 is 1.18 bits per heavy atom. The summed E-state index contributed by atoms with van der Waals surface area (Å²) in [5.74, 6) is 0.0512. The summed E-state index contributed by atoms with van der Waals surface area (Å²) >= 11 is 5.77. The van der Waals surface area contributed by atoms with Crippen molar-refractivity contribution < 1.29 is 23.0 Å². The van der Waals surface area contributed by atoms with Crippen molar-refractivity contribution in [1.29, 1.82) is 0 Å². The van der Waals surface area contributed by atoms with Gasteiger partial charge in [-0.15, -0.1) is 11.6 Å². The van der Waals surface area contributed by atoms with Crippen LogP contribution in [-0.4, -0.2) is 45.7 Å². The van der Waals surface area contributed by atoms with Crippen molar-refractivity contribution >= 4 is 45.7 Å². The number of carbonyl (C=O) groups is 1. The summed E-state index contributed by atoms with van der Waals surface area (Å²) < 4.78 is 37.9. The monoisotopic (exact) mass is 488 g/mol.